The van der Waals surface area contributed by atoms with Crippen molar-refractivity contribution in [3.8, 4) is 0 Å². The standard InChI is InChI=1S/C13H20N4O2S/c1-10-11(15-20-14-10)12(18)17-5-3-13(4-6-17)9-16(2)7-8-19-13/h3-9H2,1-2H3. The Balaban J connectivity index is 1.64. The molecule has 1 spiro atoms. The number of aromatic nitrogens is 2. The lowest BCUT2D eigenvalue weighted by atomic mass is 9.89. The number of carbonyl (C=O) groups is 1. The van der Waals surface area contributed by atoms with Crippen LogP contribution < -0.4 is 0 Å². The molecule has 20 heavy (non-hydrogen) atoms. The fraction of sp³-hybridized carbons (Fsp3) is 0.769. The predicted molar refractivity (Wildman–Crippen MR) is 76.0 cm³/mol. The fourth-order valence-corrected chi connectivity index (χ4v) is 3.57. The lowest BCUT2D eigenvalue weighted by Gasteiger charge is -2.46. The van der Waals surface area contributed by atoms with Crippen molar-refractivity contribution >= 4 is 17.6 Å². The zero-order valence-corrected chi connectivity index (χ0v) is 12.8. The Kier molecular flexibility index (Phi) is 3.74. The molecule has 1 amide bonds. The van der Waals surface area contributed by atoms with E-state index in [4.69, 9.17) is 4.74 Å². The Bertz CT molecular complexity index is 496. The van der Waals surface area contributed by atoms with Crippen LogP contribution in [0.25, 0.3) is 0 Å². The smallest absolute Gasteiger partial charge is 0.275 e. The summed E-state index contributed by atoms with van der Waals surface area (Å²) in [7, 11) is 2.13. The van der Waals surface area contributed by atoms with E-state index in [9.17, 15) is 4.79 Å². The summed E-state index contributed by atoms with van der Waals surface area (Å²) in [5.41, 5.74) is 1.18. The van der Waals surface area contributed by atoms with Gasteiger partial charge in [0.25, 0.3) is 5.91 Å². The lowest BCUT2D eigenvalue weighted by molar-refractivity contribution is -0.127. The number of hydrogen-bond donors (Lipinski definition) is 0. The van der Waals surface area contributed by atoms with Crippen LogP contribution in [0.5, 0.6) is 0 Å². The maximum Gasteiger partial charge on any atom is 0.275 e. The summed E-state index contributed by atoms with van der Waals surface area (Å²) >= 11 is 1.10. The third-order valence-electron chi connectivity index (χ3n) is 4.26. The number of carbonyl (C=O) groups excluding carboxylic acids is 1. The molecule has 2 saturated heterocycles. The van der Waals surface area contributed by atoms with Gasteiger partial charge in [-0.2, -0.15) is 8.75 Å². The topological polar surface area (TPSA) is 58.6 Å². The van der Waals surface area contributed by atoms with Crippen molar-refractivity contribution < 1.29 is 9.53 Å². The summed E-state index contributed by atoms with van der Waals surface area (Å²) in [4.78, 5) is 16.6. The van der Waals surface area contributed by atoms with Crippen LogP contribution in [-0.2, 0) is 4.74 Å². The highest BCUT2D eigenvalue weighted by atomic mass is 32.1. The second kappa shape index (κ2) is 5.38. The number of likely N-dealkylation sites (N-methyl/N-ethyl adjacent to an activating group) is 1. The minimum absolute atomic E-state index is 0.00950. The van der Waals surface area contributed by atoms with Crippen molar-refractivity contribution in [1.82, 2.24) is 18.5 Å². The maximum atomic E-state index is 12.4. The Morgan fingerprint density at radius 2 is 2.05 bits per heavy atom. The van der Waals surface area contributed by atoms with E-state index < -0.39 is 0 Å². The zero-order chi connectivity index (χ0) is 14.2. The summed E-state index contributed by atoms with van der Waals surface area (Å²) < 4.78 is 14.2. The first-order valence-electron chi connectivity index (χ1n) is 7.01. The molecule has 7 heteroatoms. The van der Waals surface area contributed by atoms with Crippen molar-refractivity contribution in [3.63, 3.8) is 0 Å². The number of nitrogens with zero attached hydrogens (tertiary/aromatic N) is 4. The first kappa shape index (κ1) is 13.9. The molecule has 0 aromatic carbocycles. The van der Waals surface area contributed by atoms with Crippen molar-refractivity contribution in [2.24, 2.45) is 0 Å². The Morgan fingerprint density at radius 1 is 1.30 bits per heavy atom. The van der Waals surface area contributed by atoms with Gasteiger partial charge in [-0.15, -0.1) is 0 Å². The minimum atomic E-state index is -0.0564. The van der Waals surface area contributed by atoms with Crippen LogP contribution in [-0.4, -0.2) is 69.9 Å². The van der Waals surface area contributed by atoms with Crippen molar-refractivity contribution in [1.29, 1.82) is 0 Å². The van der Waals surface area contributed by atoms with Crippen molar-refractivity contribution in [2.75, 3.05) is 39.8 Å². The SMILES string of the molecule is Cc1nsnc1C(=O)N1CCC2(CC1)CN(C)CCO2. The van der Waals surface area contributed by atoms with Gasteiger partial charge in [0.2, 0.25) is 0 Å². The summed E-state index contributed by atoms with van der Waals surface area (Å²) in [6.45, 7) is 6.06. The maximum absolute atomic E-state index is 12.4. The first-order chi connectivity index (χ1) is 9.60. The molecule has 6 nitrogen and oxygen atoms in total. The molecule has 3 heterocycles. The molecule has 1 aromatic rings. The molecular weight excluding hydrogens is 276 g/mol. The molecule has 0 bridgehead atoms. The molecule has 2 fully saturated rings. The molecule has 2 aliphatic rings. The molecule has 0 atom stereocenters. The van der Waals surface area contributed by atoms with E-state index in [1.54, 1.807) is 0 Å². The summed E-state index contributed by atoms with van der Waals surface area (Å²) in [5, 5.41) is 0. The number of rotatable bonds is 1. The number of aryl methyl sites for hydroxylation is 1. The average molecular weight is 296 g/mol. The van der Waals surface area contributed by atoms with Gasteiger partial charge in [-0.25, -0.2) is 0 Å². The van der Waals surface area contributed by atoms with Crippen LogP contribution in [0.2, 0.25) is 0 Å². The van der Waals surface area contributed by atoms with Gasteiger partial charge in [-0.1, -0.05) is 0 Å². The molecule has 0 N–H and O–H groups in total. The van der Waals surface area contributed by atoms with Crippen LogP contribution in [0.1, 0.15) is 29.0 Å². The second-order valence-corrected chi connectivity index (χ2v) is 6.29. The number of piperidine rings is 1. The fourth-order valence-electron chi connectivity index (χ4n) is 3.03. The van der Waals surface area contributed by atoms with Crippen LogP contribution in [0, 0.1) is 6.92 Å². The van der Waals surface area contributed by atoms with Crippen molar-refractivity contribution in [3.05, 3.63) is 11.4 Å². The van der Waals surface area contributed by atoms with E-state index in [1.165, 1.54) is 0 Å². The highest BCUT2D eigenvalue weighted by Gasteiger charge is 2.40. The molecule has 3 rings (SSSR count). The van der Waals surface area contributed by atoms with Gasteiger partial charge >= 0.3 is 0 Å². The van der Waals surface area contributed by atoms with Gasteiger partial charge < -0.3 is 14.5 Å². The second-order valence-electron chi connectivity index (χ2n) is 5.76. The lowest BCUT2D eigenvalue weighted by Crippen LogP contribution is -2.56. The molecular formula is C13H20N4O2S. The average Bonchev–Trinajstić information content (AvgIpc) is 2.85. The Labute approximate surface area is 123 Å². The third kappa shape index (κ3) is 2.57. The number of morpholine rings is 1. The number of hydrogen-bond acceptors (Lipinski definition) is 6. The number of ether oxygens (including phenoxy) is 1. The largest absolute Gasteiger partial charge is 0.372 e. The predicted octanol–water partition coefficient (Wildman–Crippen LogP) is 0.783. The Hall–Kier alpha value is -1.05. The first-order valence-corrected chi connectivity index (χ1v) is 7.74. The van der Waals surface area contributed by atoms with Crippen LogP contribution in [0.15, 0.2) is 0 Å². The van der Waals surface area contributed by atoms with Gasteiger partial charge in [-0.05, 0) is 26.8 Å². The molecule has 2 aliphatic heterocycles. The molecule has 0 unspecified atom stereocenters. The summed E-state index contributed by atoms with van der Waals surface area (Å²) in [6, 6.07) is 0. The molecule has 1 aromatic heterocycles. The van der Waals surface area contributed by atoms with E-state index in [-0.39, 0.29) is 11.5 Å². The minimum Gasteiger partial charge on any atom is -0.372 e. The van der Waals surface area contributed by atoms with Crippen LogP contribution >= 0.6 is 11.7 Å². The van der Waals surface area contributed by atoms with Crippen molar-refractivity contribution in [2.45, 2.75) is 25.4 Å². The number of amides is 1. The van der Waals surface area contributed by atoms with Crippen LogP contribution in [0.3, 0.4) is 0 Å². The zero-order valence-electron chi connectivity index (χ0n) is 12.0. The third-order valence-corrected chi connectivity index (χ3v) is 4.88. The molecule has 0 aliphatic carbocycles. The Morgan fingerprint density at radius 3 is 2.65 bits per heavy atom. The van der Waals surface area contributed by atoms with E-state index in [0.717, 1.165) is 63.0 Å². The van der Waals surface area contributed by atoms with Gasteiger partial charge in [0.1, 0.15) is 0 Å². The van der Waals surface area contributed by atoms with Gasteiger partial charge in [0, 0.05) is 26.2 Å². The van der Waals surface area contributed by atoms with E-state index in [1.807, 2.05) is 11.8 Å². The summed E-state index contributed by atoms with van der Waals surface area (Å²) in [5.74, 6) is 0.00950. The van der Waals surface area contributed by atoms with Gasteiger partial charge in [0.05, 0.1) is 29.6 Å². The highest BCUT2D eigenvalue weighted by molar-refractivity contribution is 6.99. The number of likely N-dealkylation sites (tertiary alicyclic amines) is 1. The van der Waals surface area contributed by atoms with Gasteiger partial charge in [-0.3, -0.25) is 4.79 Å². The molecule has 0 saturated carbocycles. The van der Waals surface area contributed by atoms with Gasteiger partial charge in [0.15, 0.2) is 5.69 Å². The molecule has 0 radical (unpaired) electrons. The van der Waals surface area contributed by atoms with E-state index in [2.05, 4.69) is 20.7 Å². The quantitative estimate of drug-likeness (QED) is 0.766. The summed E-state index contributed by atoms with van der Waals surface area (Å²) in [6.07, 6.45) is 1.80. The van der Waals surface area contributed by atoms with E-state index in [0.29, 0.717) is 5.69 Å². The highest BCUT2D eigenvalue weighted by Crippen LogP contribution is 2.30. The molecule has 110 valence electrons. The van der Waals surface area contributed by atoms with Crippen LogP contribution in [0.4, 0.5) is 0 Å². The normalized spacial score (nSPS) is 23.2. The van der Waals surface area contributed by atoms with E-state index >= 15 is 0 Å². The monoisotopic (exact) mass is 296 g/mol.